The molecule has 0 aromatic heterocycles. The summed E-state index contributed by atoms with van der Waals surface area (Å²) in [7, 11) is 0. The van der Waals surface area contributed by atoms with Gasteiger partial charge in [0.1, 0.15) is 13.2 Å². The highest BCUT2D eigenvalue weighted by molar-refractivity contribution is 8.14. The van der Waals surface area contributed by atoms with Crippen LogP contribution >= 0.6 is 11.8 Å². The standard InChI is InChI=1S/C26H31F3N4O3S/c1-17-6-4-5-7-20(17)15-36-24(35)25(3)16-37-23(31-25)19-8-10-32(11-9-19)22(34)14-33-18(2)12-21(13-30-33)26(27,28)29/h4-7,12-13,19,30H,8-11,14-16H2,1-3H3. The number of hydrogen-bond acceptors (Lipinski definition) is 7. The minimum absolute atomic E-state index is 0.0604. The minimum atomic E-state index is -4.44. The summed E-state index contributed by atoms with van der Waals surface area (Å²) in [5.74, 6) is 0.180. The van der Waals surface area contributed by atoms with Gasteiger partial charge in [0.2, 0.25) is 5.91 Å². The fraction of sp³-hybridized carbons (Fsp3) is 0.500. The van der Waals surface area contributed by atoms with Crippen LogP contribution in [0.1, 0.15) is 37.8 Å². The number of amides is 1. The monoisotopic (exact) mass is 536 g/mol. The number of aryl methyl sites for hydroxylation is 1. The van der Waals surface area contributed by atoms with Crippen LogP contribution in [0.5, 0.6) is 0 Å². The smallest absolute Gasteiger partial charge is 0.417 e. The molecule has 1 aromatic rings. The summed E-state index contributed by atoms with van der Waals surface area (Å²) in [6.07, 6.45) is -1.13. The summed E-state index contributed by atoms with van der Waals surface area (Å²) in [6.45, 7) is 6.51. The highest BCUT2D eigenvalue weighted by Crippen LogP contribution is 2.36. The molecule has 1 fully saturated rings. The van der Waals surface area contributed by atoms with Crippen molar-refractivity contribution in [1.82, 2.24) is 15.3 Å². The van der Waals surface area contributed by atoms with Crippen molar-refractivity contribution in [1.29, 1.82) is 0 Å². The summed E-state index contributed by atoms with van der Waals surface area (Å²) in [5, 5.41) is 2.33. The summed E-state index contributed by atoms with van der Waals surface area (Å²) in [5.41, 5.74) is 3.21. The van der Waals surface area contributed by atoms with E-state index < -0.39 is 17.3 Å². The van der Waals surface area contributed by atoms with Crippen molar-refractivity contribution in [2.24, 2.45) is 10.9 Å². The Morgan fingerprint density at radius 1 is 1.22 bits per heavy atom. The van der Waals surface area contributed by atoms with E-state index in [1.807, 2.05) is 31.2 Å². The molecule has 37 heavy (non-hydrogen) atoms. The first-order chi connectivity index (χ1) is 17.5. The van der Waals surface area contributed by atoms with Gasteiger partial charge in [-0.05, 0) is 50.8 Å². The van der Waals surface area contributed by atoms with Crippen LogP contribution in [0.3, 0.4) is 0 Å². The van der Waals surface area contributed by atoms with Gasteiger partial charge < -0.3 is 15.1 Å². The van der Waals surface area contributed by atoms with Gasteiger partial charge in [0.25, 0.3) is 0 Å². The SMILES string of the molecule is CC1=CC(C(F)(F)F)=CNN1CC(=O)N1CCC(C2=NC(C)(C(=O)OCc3ccccc3C)CS2)CC1. The number of hydrazine groups is 1. The third kappa shape index (κ3) is 6.31. The number of nitrogens with zero attached hydrogens (tertiary/aromatic N) is 3. The Hall–Kier alpha value is -2.95. The predicted molar refractivity (Wildman–Crippen MR) is 136 cm³/mol. The van der Waals surface area contributed by atoms with Crippen molar-refractivity contribution in [2.45, 2.75) is 51.9 Å². The van der Waals surface area contributed by atoms with Crippen molar-refractivity contribution in [3.8, 4) is 0 Å². The average Bonchev–Trinajstić information content (AvgIpc) is 3.27. The number of esters is 1. The van der Waals surface area contributed by atoms with E-state index in [9.17, 15) is 22.8 Å². The number of aliphatic imine (C=N–C) groups is 1. The van der Waals surface area contributed by atoms with E-state index in [2.05, 4.69) is 5.43 Å². The van der Waals surface area contributed by atoms with Crippen LogP contribution in [-0.2, 0) is 20.9 Å². The topological polar surface area (TPSA) is 74.2 Å². The first-order valence-electron chi connectivity index (χ1n) is 12.2. The fourth-order valence-electron chi connectivity index (χ4n) is 4.45. The molecule has 1 amide bonds. The molecule has 0 aliphatic carbocycles. The highest BCUT2D eigenvalue weighted by Gasteiger charge is 2.42. The van der Waals surface area contributed by atoms with Crippen molar-refractivity contribution in [3.05, 3.63) is 58.9 Å². The van der Waals surface area contributed by atoms with Crippen LogP contribution in [-0.4, -0.2) is 63.9 Å². The third-order valence-corrected chi connectivity index (χ3v) is 8.33. The van der Waals surface area contributed by atoms with Crippen LogP contribution in [0.2, 0.25) is 0 Å². The number of carbonyl (C=O) groups is 2. The molecule has 11 heteroatoms. The zero-order valence-electron chi connectivity index (χ0n) is 21.1. The number of allylic oxidation sites excluding steroid dienone is 3. The number of carbonyl (C=O) groups excluding carboxylic acids is 2. The first kappa shape index (κ1) is 27.1. The van der Waals surface area contributed by atoms with Gasteiger partial charge in [-0.1, -0.05) is 24.3 Å². The molecule has 0 spiro atoms. The fourth-order valence-corrected chi connectivity index (χ4v) is 5.79. The van der Waals surface area contributed by atoms with E-state index >= 15 is 0 Å². The van der Waals surface area contributed by atoms with Gasteiger partial charge in [0, 0.05) is 36.7 Å². The summed E-state index contributed by atoms with van der Waals surface area (Å²) in [6, 6.07) is 7.77. The molecule has 1 unspecified atom stereocenters. The largest absolute Gasteiger partial charge is 0.459 e. The minimum Gasteiger partial charge on any atom is -0.459 e. The van der Waals surface area contributed by atoms with Crippen LogP contribution in [0.25, 0.3) is 0 Å². The van der Waals surface area contributed by atoms with Gasteiger partial charge in [0.05, 0.1) is 10.6 Å². The average molecular weight is 537 g/mol. The molecule has 4 rings (SSSR count). The molecule has 3 aliphatic rings. The predicted octanol–water partition coefficient (Wildman–Crippen LogP) is 4.35. The van der Waals surface area contributed by atoms with Gasteiger partial charge in [-0.15, -0.1) is 11.8 Å². The number of rotatable bonds is 6. The number of nitrogens with one attached hydrogen (secondary N) is 1. The molecule has 7 nitrogen and oxygen atoms in total. The number of halogens is 3. The molecule has 0 bridgehead atoms. The quantitative estimate of drug-likeness (QED) is 0.545. The number of hydrogen-bond donors (Lipinski definition) is 1. The van der Waals surface area contributed by atoms with Gasteiger partial charge in [-0.3, -0.25) is 14.8 Å². The molecule has 1 aromatic carbocycles. The van der Waals surface area contributed by atoms with Gasteiger partial charge in [0.15, 0.2) is 5.54 Å². The van der Waals surface area contributed by atoms with E-state index in [4.69, 9.17) is 9.73 Å². The maximum absolute atomic E-state index is 12.9. The number of alkyl halides is 3. The molecule has 0 saturated carbocycles. The lowest BCUT2D eigenvalue weighted by atomic mass is 9.97. The normalized spacial score (nSPS) is 22.7. The zero-order valence-corrected chi connectivity index (χ0v) is 21.9. The first-order valence-corrected chi connectivity index (χ1v) is 13.2. The van der Waals surface area contributed by atoms with E-state index in [1.165, 1.54) is 11.9 Å². The summed E-state index contributed by atoms with van der Waals surface area (Å²) >= 11 is 1.57. The highest BCUT2D eigenvalue weighted by atomic mass is 32.2. The van der Waals surface area contributed by atoms with Gasteiger partial charge in [-0.2, -0.15) is 13.2 Å². The Labute approximate surface area is 218 Å². The van der Waals surface area contributed by atoms with Crippen LogP contribution in [0.15, 0.2) is 52.8 Å². The zero-order chi connectivity index (χ0) is 26.8. The summed E-state index contributed by atoms with van der Waals surface area (Å²) < 4.78 is 44.3. The lowest BCUT2D eigenvalue weighted by Gasteiger charge is -2.35. The number of piperidine rings is 1. The molecular formula is C26H31F3N4O3S. The molecule has 200 valence electrons. The molecule has 1 atom stereocenters. The molecule has 1 N–H and O–H groups in total. The second-order valence-electron chi connectivity index (χ2n) is 9.77. The van der Waals surface area contributed by atoms with Gasteiger partial charge in [-0.25, -0.2) is 4.79 Å². The number of benzene rings is 1. The Kier molecular flexibility index (Phi) is 7.91. The van der Waals surface area contributed by atoms with E-state index in [0.717, 1.165) is 28.4 Å². The van der Waals surface area contributed by atoms with E-state index in [0.29, 0.717) is 37.4 Å². The third-order valence-electron chi connectivity index (χ3n) is 6.90. The molecule has 0 radical (unpaired) electrons. The van der Waals surface area contributed by atoms with Crippen LogP contribution in [0.4, 0.5) is 13.2 Å². The lowest BCUT2D eigenvalue weighted by Crippen LogP contribution is -2.47. The number of likely N-dealkylation sites (tertiary alicyclic amines) is 1. The molecule has 3 aliphatic heterocycles. The maximum Gasteiger partial charge on any atom is 0.417 e. The Morgan fingerprint density at radius 2 is 1.92 bits per heavy atom. The Morgan fingerprint density at radius 3 is 2.57 bits per heavy atom. The van der Waals surface area contributed by atoms with Crippen molar-refractivity contribution in [3.63, 3.8) is 0 Å². The van der Waals surface area contributed by atoms with E-state index in [1.54, 1.807) is 23.6 Å². The molecule has 1 saturated heterocycles. The molecular weight excluding hydrogens is 505 g/mol. The lowest BCUT2D eigenvalue weighted by molar-refractivity contribution is -0.149. The maximum atomic E-state index is 12.9. The number of ether oxygens (including phenoxy) is 1. The molecule has 3 heterocycles. The van der Waals surface area contributed by atoms with Crippen LogP contribution < -0.4 is 5.43 Å². The Bertz CT molecular complexity index is 1140. The van der Waals surface area contributed by atoms with Crippen molar-refractivity contribution in [2.75, 3.05) is 25.4 Å². The summed E-state index contributed by atoms with van der Waals surface area (Å²) in [4.78, 5) is 32.1. The van der Waals surface area contributed by atoms with E-state index in [-0.39, 0.29) is 30.9 Å². The van der Waals surface area contributed by atoms with Crippen molar-refractivity contribution >= 4 is 28.7 Å². The second-order valence-corrected chi connectivity index (χ2v) is 10.8. The second kappa shape index (κ2) is 10.8. The van der Waals surface area contributed by atoms with Gasteiger partial charge >= 0.3 is 12.1 Å². The van der Waals surface area contributed by atoms with Crippen molar-refractivity contribution < 1.29 is 27.5 Å². The Balaban J connectivity index is 1.27. The number of thioether (sulfide) groups is 1. The van der Waals surface area contributed by atoms with Crippen LogP contribution in [0, 0.1) is 12.8 Å².